The standard InChI is InChI=1S/C22H22N4/c1-17-11-15-26(20-6-2-3-12-24-20)21(17)22(25-13-4-5-14-25)19-9-7-18(16-23)8-10-19/h2-3,6-12,15,22H,4-5,13-14H2,1H3. The fourth-order valence-corrected chi connectivity index (χ4v) is 3.87. The van der Waals surface area contributed by atoms with Gasteiger partial charge in [-0.15, -0.1) is 0 Å². The average molecular weight is 342 g/mol. The van der Waals surface area contributed by atoms with Crippen LogP contribution in [0.15, 0.2) is 60.9 Å². The molecular formula is C22H22N4. The zero-order chi connectivity index (χ0) is 17.9. The lowest BCUT2D eigenvalue weighted by molar-refractivity contribution is 0.273. The molecule has 130 valence electrons. The van der Waals surface area contributed by atoms with Gasteiger partial charge in [0.05, 0.1) is 17.7 Å². The van der Waals surface area contributed by atoms with Gasteiger partial charge >= 0.3 is 0 Å². The Bertz CT molecular complexity index is 913. The molecule has 2 aromatic heterocycles. The minimum absolute atomic E-state index is 0.169. The number of hydrogen-bond donors (Lipinski definition) is 0. The van der Waals surface area contributed by atoms with Crippen LogP contribution in [0, 0.1) is 18.3 Å². The zero-order valence-electron chi connectivity index (χ0n) is 15.0. The fraction of sp³-hybridized carbons (Fsp3) is 0.273. The number of nitrogens with zero attached hydrogens (tertiary/aromatic N) is 4. The maximum absolute atomic E-state index is 9.13. The van der Waals surface area contributed by atoms with Crippen molar-refractivity contribution in [3.63, 3.8) is 0 Å². The number of rotatable bonds is 4. The molecule has 3 heterocycles. The van der Waals surface area contributed by atoms with E-state index in [9.17, 15) is 0 Å². The second-order valence-electron chi connectivity index (χ2n) is 6.82. The summed E-state index contributed by atoms with van der Waals surface area (Å²) in [6.07, 6.45) is 6.41. The predicted octanol–water partition coefficient (Wildman–Crippen LogP) is 4.24. The van der Waals surface area contributed by atoms with Gasteiger partial charge in [-0.25, -0.2) is 4.98 Å². The third-order valence-corrected chi connectivity index (χ3v) is 5.15. The van der Waals surface area contributed by atoms with Crippen molar-refractivity contribution in [3.05, 3.63) is 83.3 Å². The van der Waals surface area contributed by atoms with Gasteiger partial charge in [-0.3, -0.25) is 4.90 Å². The van der Waals surface area contributed by atoms with Gasteiger partial charge < -0.3 is 4.57 Å². The van der Waals surface area contributed by atoms with Crippen molar-refractivity contribution in [2.75, 3.05) is 13.1 Å². The third-order valence-electron chi connectivity index (χ3n) is 5.15. The summed E-state index contributed by atoms with van der Waals surface area (Å²) < 4.78 is 2.20. The van der Waals surface area contributed by atoms with E-state index >= 15 is 0 Å². The molecule has 0 bridgehead atoms. The van der Waals surface area contributed by atoms with Crippen LogP contribution >= 0.6 is 0 Å². The molecule has 0 spiro atoms. The Morgan fingerprint density at radius 2 is 1.81 bits per heavy atom. The molecule has 1 aromatic carbocycles. The van der Waals surface area contributed by atoms with E-state index in [0.717, 1.165) is 18.9 Å². The fourth-order valence-electron chi connectivity index (χ4n) is 3.87. The van der Waals surface area contributed by atoms with Crippen LogP contribution in [0.3, 0.4) is 0 Å². The molecule has 1 saturated heterocycles. The average Bonchev–Trinajstić information content (AvgIpc) is 3.35. The van der Waals surface area contributed by atoms with Crippen molar-refractivity contribution in [2.24, 2.45) is 0 Å². The van der Waals surface area contributed by atoms with Crippen molar-refractivity contribution >= 4 is 0 Å². The van der Waals surface area contributed by atoms with Crippen LogP contribution in [0.2, 0.25) is 0 Å². The molecule has 3 aromatic rings. The highest BCUT2D eigenvalue weighted by Gasteiger charge is 2.29. The van der Waals surface area contributed by atoms with Gasteiger partial charge in [-0.05, 0) is 74.3 Å². The van der Waals surface area contributed by atoms with Gasteiger partial charge in [0.1, 0.15) is 5.82 Å². The van der Waals surface area contributed by atoms with Crippen LogP contribution in [0.5, 0.6) is 0 Å². The molecule has 0 radical (unpaired) electrons. The molecule has 26 heavy (non-hydrogen) atoms. The summed E-state index contributed by atoms with van der Waals surface area (Å²) in [5.74, 6) is 0.938. The zero-order valence-corrected chi connectivity index (χ0v) is 15.0. The van der Waals surface area contributed by atoms with Crippen LogP contribution in [0.1, 0.15) is 41.3 Å². The number of nitriles is 1. The van der Waals surface area contributed by atoms with Gasteiger partial charge in [-0.1, -0.05) is 18.2 Å². The lowest BCUT2D eigenvalue weighted by Gasteiger charge is -2.30. The maximum Gasteiger partial charge on any atom is 0.136 e. The summed E-state index contributed by atoms with van der Waals surface area (Å²) in [5.41, 5.74) is 4.45. The summed E-state index contributed by atoms with van der Waals surface area (Å²) in [5, 5.41) is 9.13. The molecule has 4 heteroatoms. The van der Waals surface area contributed by atoms with E-state index in [1.807, 2.05) is 36.5 Å². The number of aryl methyl sites for hydroxylation is 1. The lowest BCUT2D eigenvalue weighted by atomic mass is 9.98. The van der Waals surface area contributed by atoms with Gasteiger partial charge in [0.15, 0.2) is 0 Å². The Balaban J connectivity index is 1.84. The molecular weight excluding hydrogens is 320 g/mol. The molecule has 0 N–H and O–H groups in total. The predicted molar refractivity (Wildman–Crippen MR) is 102 cm³/mol. The largest absolute Gasteiger partial charge is 0.303 e. The molecule has 1 aliphatic rings. The molecule has 1 fully saturated rings. The summed E-state index contributed by atoms with van der Waals surface area (Å²) in [7, 11) is 0. The van der Waals surface area contributed by atoms with E-state index in [4.69, 9.17) is 5.26 Å². The van der Waals surface area contributed by atoms with Crippen molar-refractivity contribution in [2.45, 2.75) is 25.8 Å². The van der Waals surface area contributed by atoms with E-state index in [1.54, 1.807) is 0 Å². The van der Waals surface area contributed by atoms with Crippen LogP contribution in [0.25, 0.3) is 5.82 Å². The number of aromatic nitrogens is 2. The van der Waals surface area contributed by atoms with E-state index in [2.05, 4.69) is 51.8 Å². The highest BCUT2D eigenvalue weighted by Crippen LogP contribution is 2.35. The number of hydrogen-bond acceptors (Lipinski definition) is 3. The molecule has 1 aliphatic heterocycles. The second-order valence-corrected chi connectivity index (χ2v) is 6.82. The topological polar surface area (TPSA) is 44.9 Å². The lowest BCUT2D eigenvalue weighted by Crippen LogP contribution is -2.29. The van der Waals surface area contributed by atoms with E-state index in [0.29, 0.717) is 5.56 Å². The SMILES string of the molecule is Cc1ccn(-c2ccccn2)c1C(c1ccc(C#N)cc1)N1CCCC1. The summed E-state index contributed by atoms with van der Waals surface area (Å²) in [6.45, 7) is 4.36. The molecule has 4 nitrogen and oxygen atoms in total. The Kier molecular flexibility index (Phi) is 4.55. The first-order valence-electron chi connectivity index (χ1n) is 9.11. The molecule has 0 aliphatic carbocycles. The molecule has 1 unspecified atom stereocenters. The first-order chi connectivity index (χ1) is 12.8. The normalized spacial score (nSPS) is 15.7. The highest BCUT2D eigenvalue weighted by atomic mass is 15.2. The highest BCUT2D eigenvalue weighted by molar-refractivity contribution is 5.41. The Morgan fingerprint density at radius 3 is 2.46 bits per heavy atom. The summed E-state index contributed by atoms with van der Waals surface area (Å²) in [4.78, 5) is 7.10. The minimum Gasteiger partial charge on any atom is -0.303 e. The van der Waals surface area contributed by atoms with Gasteiger partial charge in [0.2, 0.25) is 0 Å². The molecule has 0 saturated carbocycles. The van der Waals surface area contributed by atoms with Crippen LogP contribution < -0.4 is 0 Å². The summed E-state index contributed by atoms with van der Waals surface area (Å²) >= 11 is 0. The van der Waals surface area contributed by atoms with Crippen molar-refractivity contribution < 1.29 is 0 Å². The smallest absolute Gasteiger partial charge is 0.136 e. The Labute approximate surface area is 154 Å². The maximum atomic E-state index is 9.13. The van der Waals surface area contributed by atoms with E-state index in [-0.39, 0.29) is 6.04 Å². The van der Waals surface area contributed by atoms with Crippen molar-refractivity contribution in [1.29, 1.82) is 5.26 Å². The van der Waals surface area contributed by atoms with Crippen molar-refractivity contribution in [3.8, 4) is 11.9 Å². The minimum atomic E-state index is 0.169. The summed E-state index contributed by atoms with van der Waals surface area (Å²) in [6, 6.07) is 18.6. The number of pyridine rings is 1. The molecule has 0 amide bonds. The van der Waals surface area contributed by atoms with Gasteiger partial charge in [-0.2, -0.15) is 5.26 Å². The Morgan fingerprint density at radius 1 is 1.04 bits per heavy atom. The van der Waals surface area contributed by atoms with Crippen LogP contribution in [-0.2, 0) is 0 Å². The number of benzene rings is 1. The van der Waals surface area contributed by atoms with Crippen molar-refractivity contribution in [1.82, 2.24) is 14.5 Å². The van der Waals surface area contributed by atoms with E-state index in [1.165, 1.54) is 29.7 Å². The Hall–Kier alpha value is -2.90. The number of likely N-dealkylation sites (tertiary alicyclic amines) is 1. The second kappa shape index (κ2) is 7.15. The molecule has 4 rings (SSSR count). The first kappa shape index (κ1) is 16.6. The van der Waals surface area contributed by atoms with Gasteiger partial charge in [0, 0.05) is 18.1 Å². The van der Waals surface area contributed by atoms with Crippen LogP contribution in [-0.4, -0.2) is 27.5 Å². The quantitative estimate of drug-likeness (QED) is 0.712. The van der Waals surface area contributed by atoms with Gasteiger partial charge in [0.25, 0.3) is 0 Å². The third kappa shape index (κ3) is 3.02. The van der Waals surface area contributed by atoms with Crippen LogP contribution in [0.4, 0.5) is 0 Å². The first-order valence-corrected chi connectivity index (χ1v) is 9.11. The monoisotopic (exact) mass is 342 g/mol. The molecule has 1 atom stereocenters. The van der Waals surface area contributed by atoms with E-state index < -0.39 is 0 Å².